The Hall–Kier alpha value is -3.19. The van der Waals surface area contributed by atoms with Crippen LogP contribution in [0.4, 0.5) is 4.39 Å². The number of allylic oxidation sites excluding steroid dienone is 3. The Morgan fingerprint density at radius 2 is 1.87 bits per heavy atom. The van der Waals surface area contributed by atoms with E-state index in [4.69, 9.17) is 10.00 Å². The molecule has 23 heavy (non-hydrogen) atoms. The fraction of sp³-hybridized carbons (Fsp3) is 0.0526. The van der Waals surface area contributed by atoms with E-state index >= 15 is 0 Å². The summed E-state index contributed by atoms with van der Waals surface area (Å²) in [5, 5.41) is 9.13. The quantitative estimate of drug-likeness (QED) is 0.360. The summed E-state index contributed by atoms with van der Waals surface area (Å²) < 4.78 is 18.8. The predicted molar refractivity (Wildman–Crippen MR) is 86.5 cm³/mol. The van der Waals surface area contributed by atoms with E-state index in [1.807, 2.05) is 18.2 Å². The molecule has 2 aromatic rings. The third-order valence-electron chi connectivity index (χ3n) is 3.16. The highest BCUT2D eigenvalue weighted by Crippen LogP contribution is 2.19. The van der Waals surface area contributed by atoms with Gasteiger partial charge in [-0.25, -0.2) is 4.39 Å². The molecule has 0 aliphatic carbocycles. The first-order chi connectivity index (χ1) is 11.2. The molecular weight excluding hydrogens is 293 g/mol. The Labute approximate surface area is 133 Å². The van der Waals surface area contributed by atoms with Crippen LogP contribution >= 0.6 is 0 Å². The average molecular weight is 307 g/mol. The summed E-state index contributed by atoms with van der Waals surface area (Å²) in [6.45, 7) is 0. The second-order valence-corrected chi connectivity index (χ2v) is 4.60. The Morgan fingerprint density at radius 1 is 1.17 bits per heavy atom. The number of carbonyl (C=O) groups is 1. The van der Waals surface area contributed by atoms with E-state index in [-0.39, 0.29) is 11.1 Å². The number of Topliss-reactive ketones (excluding diaryl/α,β-unsaturated/α-hetero) is 1. The van der Waals surface area contributed by atoms with Crippen molar-refractivity contribution in [3.05, 3.63) is 83.2 Å². The standard InChI is InChI=1S/C19H14FNO2/c1-23-18-12-5-2-7-14(18)8-6-9-15(13-21)19(22)16-10-3-4-11-17(16)20/h2-12H,1H3/b8-6+,15-9+. The fourth-order valence-electron chi connectivity index (χ4n) is 2.01. The Morgan fingerprint density at radius 3 is 2.57 bits per heavy atom. The molecular formula is C19H14FNO2. The highest BCUT2D eigenvalue weighted by Gasteiger charge is 2.15. The van der Waals surface area contributed by atoms with Gasteiger partial charge in [-0.2, -0.15) is 5.26 Å². The maximum Gasteiger partial charge on any atom is 0.206 e. The van der Waals surface area contributed by atoms with Crippen molar-refractivity contribution >= 4 is 11.9 Å². The lowest BCUT2D eigenvalue weighted by molar-refractivity contribution is 0.103. The zero-order chi connectivity index (χ0) is 16.7. The monoisotopic (exact) mass is 307 g/mol. The maximum atomic E-state index is 13.6. The topological polar surface area (TPSA) is 50.1 Å². The summed E-state index contributed by atoms with van der Waals surface area (Å²) in [6, 6.07) is 14.7. The zero-order valence-corrected chi connectivity index (χ0v) is 12.5. The molecule has 0 N–H and O–H groups in total. The van der Waals surface area contributed by atoms with Crippen molar-refractivity contribution in [2.24, 2.45) is 0 Å². The molecule has 0 aliphatic heterocycles. The molecule has 114 valence electrons. The molecule has 0 aromatic heterocycles. The first-order valence-electron chi connectivity index (χ1n) is 6.88. The number of hydrogen-bond donors (Lipinski definition) is 0. The van der Waals surface area contributed by atoms with Crippen LogP contribution in [0.3, 0.4) is 0 Å². The summed E-state index contributed by atoms with van der Waals surface area (Å²) in [5.41, 5.74) is 0.550. The number of ketones is 1. The number of methoxy groups -OCH3 is 1. The second kappa shape index (κ2) is 7.71. The van der Waals surface area contributed by atoms with E-state index < -0.39 is 11.6 Å². The Balaban J connectivity index is 2.26. The molecule has 0 saturated carbocycles. The van der Waals surface area contributed by atoms with Gasteiger partial charge in [0.2, 0.25) is 5.78 Å². The summed E-state index contributed by atoms with van der Waals surface area (Å²) in [4.78, 5) is 12.2. The number of nitrogens with zero attached hydrogens (tertiary/aromatic N) is 1. The molecule has 0 spiro atoms. The molecule has 0 bridgehead atoms. The van der Waals surface area contributed by atoms with Crippen molar-refractivity contribution in [1.29, 1.82) is 5.26 Å². The fourth-order valence-corrected chi connectivity index (χ4v) is 2.01. The zero-order valence-electron chi connectivity index (χ0n) is 12.5. The maximum absolute atomic E-state index is 13.6. The van der Waals surface area contributed by atoms with Crippen LogP contribution in [0.15, 0.2) is 66.3 Å². The van der Waals surface area contributed by atoms with Crippen LogP contribution in [0, 0.1) is 17.1 Å². The van der Waals surface area contributed by atoms with Crippen LogP contribution in [0.2, 0.25) is 0 Å². The SMILES string of the molecule is COc1ccccc1/C=C/C=C(\C#N)C(=O)c1ccccc1F. The van der Waals surface area contributed by atoms with E-state index in [9.17, 15) is 9.18 Å². The van der Waals surface area contributed by atoms with Gasteiger partial charge in [0.1, 0.15) is 23.2 Å². The molecule has 0 fully saturated rings. The van der Waals surface area contributed by atoms with Gasteiger partial charge in [0, 0.05) is 5.56 Å². The Kier molecular flexibility index (Phi) is 5.43. The van der Waals surface area contributed by atoms with Crippen LogP contribution in [0.1, 0.15) is 15.9 Å². The molecule has 2 aromatic carbocycles. The molecule has 4 heteroatoms. The lowest BCUT2D eigenvalue weighted by Gasteiger charge is -2.03. The largest absolute Gasteiger partial charge is 0.496 e. The molecule has 2 rings (SSSR count). The summed E-state index contributed by atoms with van der Waals surface area (Å²) >= 11 is 0. The summed E-state index contributed by atoms with van der Waals surface area (Å²) in [5.74, 6) is -0.612. The van der Waals surface area contributed by atoms with Gasteiger partial charge in [-0.15, -0.1) is 0 Å². The minimum absolute atomic E-state index is 0.119. The highest BCUT2D eigenvalue weighted by molar-refractivity contribution is 6.11. The van der Waals surface area contributed by atoms with Crippen molar-refractivity contribution in [2.75, 3.05) is 7.11 Å². The first-order valence-corrected chi connectivity index (χ1v) is 6.88. The van der Waals surface area contributed by atoms with Crippen molar-refractivity contribution < 1.29 is 13.9 Å². The van der Waals surface area contributed by atoms with Gasteiger partial charge >= 0.3 is 0 Å². The minimum Gasteiger partial charge on any atom is -0.496 e. The van der Waals surface area contributed by atoms with E-state index in [0.29, 0.717) is 5.75 Å². The van der Waals surface area contributed by atoms with Crippen LogP contribution in [-0.4, -0.2) is 12.9 Å². The number of carbonyl (C=O) groups excluding carboxylic acids is 1. The molecule has 0 amide bonds. The van der Waals surface area contributed by atoms with Crippen molar-refractivity contribution in [3.8, 4) is 11.8 Å². The molecule has 0 radical (unpaired) electrons. The Bertz CT molecular complexity index is 816. The molecule has 3 nitrogen and oxygen atoms in total. The van der Waals surface area contributed by atoms with Crippen molar-refractivity contribution in [1.82, 2.24) is 0 Å². The van der Waals surface area contributed by atoms with Gasteiger partial charge in [0.25, 0.3) is 0 Å². The van der Waals surface area contributed by atoms with Gasteiger partial charge in [-0.05, 0) is 24.3 Å². The van der Waals surface area contributed by atoms with Crippen LogP contribution < -0.4 is 4.74 Å². The first kappa shape index (κ1) is 16.2. The predicted octanol–water partition coefficient (Wildman–Crippen LogP) is 4.18. The molecule has 0 atom stereocenters. The third-order valence-corrected chi connectivity index (χ3v) is 3.16. The number of para-hydroxylation sites is 1. The van der Waals surface area contributed by atoms with Crippen LogP contribution in [0.25, 0.3) is 6.08 Å². The molecule has 0 heterocycles. The average Bonchev–Trinajstić information content (AvgIpc) is 2.59. The lowest BCUT2D eigenvalue weighted by atomic mass is 10.0. The number of benzene rings is 2. The van der Waals surface area contributed by atoms with Crippen LogP contribution in [-0.2, 0) is 0 Å². The normalized spacial score (nSPS) is 11.3. The summed E-state index contributed by atoms with van der Waals surface area (Å²) in [6.07, 6.45) is 4.64. The molecule has 0 saturated heterocycles. The van der Waals surface area contributed by atoms with Crippen LogP contribution in [0.5, 0.6) is 5.75 Å². The lowest BCUT2D eigenvalue weighted by Crippen LogP contribution is -2.04. The second-order valence-electron chi connectivity index (χ2n) is 4.60. The number of halogens is 1. The van der Waals surface area contributed by atoms with Crippen molar-refractivity contribution in [3.63, 3.8) is 0 Å². The third kappa shape index (κ3) is 3.92. The number of hydrogen-bond acceptors (Lipinski definition) is 3. The highest BCUT2D eigenvalue weighted by atomic mass is 19.1. The van der Waals surface area contributed by atoms with E-state index in [0.717, 1.165) is 5.56 Å². The summed E-state index contributed by atoms with van der Waals surface area (Å²) in [7, 11) is 1.56. The van der Waals surface area contributed by atoms with Crippen molar-refractivity contribution in [2.45, 2.75) is 0 Å². The van der Waals surface area contributed by atoms with Gasteiger partial charge in [-0.3, -0.25) is 4.79 Å². The van der Waals surface area contributed by atoms with E-state index in [1.165, 1.54) is 24.3 Å². The number of ether oxygens (including phenoxy) is 1. The van der Waals surface area contributed by atoms with E-state index in [2.05, 4.69) is 0 Å². The van der Waals surface area contributed by atoms with E-state index in [1.54, 1.807) is 37.5 Å². The number of nitriles is 1. The minimum atomic E-state index is -0.646. The smallest absolute Gasteiger partial charge is 0.206 e. The van der Waals surface area contributed by atoms with Gasteiger partial charge in [-0.1, -0.05) is 42.5 Å². The van der Waals surface area contributed by atoms with Gasteiger partial charge in [0.15, 0.2) is 0 Å². The molecule has 0 unspecified atom stereocenters. The number of rotatable bonds is 5. The van der Waals surface area contributed by atoms with Gasteiger partial charge < -0.3 is 4.74 Å². The molecule has 0 aliphatic rings. The van der Waals surface area contributed by atoms with Gasteiger partial charge in [0.05, 0.1) is 12.7 Å².